The van der Waals surface area contributed by atoms with Gasteiger partial charge in [-0.15, -0.1) is 0 Å². The standard InChI is InChI=1S/C12H20N.H3O4P/c1-5-9-13(10-6-2,11-7-3)12-8-4;1-5(2,3)4/h5-8H,1-4,9-12H2;(H3,1,2,3,4)/q+1;/p-1. The van der Waals surface area contributed by atoms with Gasteiger partial charge in [0.2, 0.25) is 0 Å². The maximum Gasteiger partial charge on any atom is 0.262 e. The minimum absolute atomic E-state index is 0.903. The van der Waals surface area contributed by atoms with Crippen LogP contribution in [0.25, 0.3) is 0 Å². The van der Waals surface area contributed by atoms with Crippen LogP contribution in [0.4, 0.5) is 0 Å². The SMILES string of the molecule is C=CC[N+](CC=C)(CC=C)CC=C.O=P([O-])(O)O. The maximum atomic E-state index is 8.77. The molecule has 0 atom stereocenters. The Kier molecular flexibility index (Phi) is 10.8. The summed E-state index contributed by atoms with van der Waals surface area (Å²) in [5.41, 5.74) is 0. The molecule has 0 fully saturated rings. The first-order chi connectivity index (χ1) is 8.24. The molecule has 0 amide bonds. The Labute approximate surface area is 109 Å². The van der Waals surface area contributed by atoms with Crippen molar-refractivity contribution in [3.8, 4) is 0 Å². The molecule has 0 spiro atoms. The Morgan fingerprint density at radius 1 is 0.889 bits per heavy atom. The first-order valence-corrected chi connectivity index (χ1v) is 6.83. The van der Waals surface area contributed by atoms with Gasteiger partial charge in [-0.05, 0) is 24.3 Å². The number of hydrogen-bond acceptors (Lipinski definition) is 2. The maximum absolute atomic E-state index is 8.77. The van der Waals surface area contributed by atoms with Crippen LogP contribution >= 0.6 is 7.82 Å². The molecule has 6 heteroatoms. The molecule has 0 radical (unpaired) electrons. The summed E-state index contributed by atoms with van der Waals surface area (Å²) in [6, 6.07) is 0. The summed E-state index contributed by atoms with van der Waals surface area (Å²) in [6.07, 6.45) is 7.76. The van der Waals surface area contributed by atoms with E-state index in [-0.39, 0.29) is 0 Å². The van der Waals surface area contributed by atoms with Crippen LogP contribution in [-0.2, 0) is 4.57 Å². The molecule has 0 aromatic carbocycles. The fraction of sp³-hybridized carbons (Fsp3) is 0.333. The van der Waals surface area contributed by atoms with E-state index in [1.54, 1.807) is 0 Å². The monoisotopic (exact) mass is 275 g/mol. The van der Waals surface area contributed by atoms with Crippen molar-refractivity contribution >= 4 is 7.82 Å². The average Bonchev–Trinajstić information content (AvgIpc) is 2.16. The van der Waals surface area contributed by atoms with Crippen LogP contribution in [-0.4, -0.2) is 40.4 Å². The van der Waals surface area contributed by atoms with Crippen molar-refractivity contribution in [3.63, 3.8) is 0 Å². The second kappa shape index (κ2) is 10.00. The summed E-state index contributed by atoms with van der Waals surface area (Å²) < 4.78 is 9.67. The lowest BCUT2D eigenvalue weighted by molar-refractivity contribution is -0.906. The van der Waals surface area contributed by atoms with Crippen LogP contribution in [0.2, 0.25) is 0 Å². The summed E-state index contributed by atoms with van der Waals surface area (Å²) in [5, 5.41) is 0. The van der Waals surface area contributed by atoms with E-state index in [2.05, 4.69) is 26.3 Å². The van der Waals surface area contributed by atoms with Gasteiger partial charge in [0, 0.05) is 0 Å². The molecule has 0 heterocycles. The predicted octanol–water partition coefficient (Wildman–Crippen LogP) is 0.987. The first-order valence-electron chi connectivity index (χ1n) is 5.30. The van der Waals surface area contributed by atoms with Gasteiger partial charge in [-0.3, -0.25) is 4.57 Å². The molecule has 0 aromatic rings. The normalized spacial score (nSPS) is 10.8. The number of rotatable bonds is 8. The molecule has 0 saturated carbocycles. The third kappa shape index (κ3) is 13.1. The van der Waals surface area contributed by atoms with E-state index in [1.807, 2.05) is 24.3 Å². The van der Waals surface area contributed by atoms with Crippen LogP contribution in [0, 0.1) is 0 Å². The zero-order valence-corrected chi connectivity index (χ0v) is 11.5. The lowest BCUT2D eigenvalue weighted by Crippen LogP contribution is -2.48. The van der Waals surface area contributed by atoms with Crippen LogP contribution < -0.4 is 4.89 Å². The summed E-state index contributed by atoms with van der Waals surface area (Å²) in [4.78, 5) is 22.9. The summed E-state index contributed by atoms with van der Waals surface area (Å²) in [6.45, 7) is 18.8. The van der Waals surface area contributed by atoms with Crippen LogP contribution in [0.5, 0.6) is 0 Å². The minimum Gasteiger partial charge on any atom is -0.756 e. The van der Waals surface area contributed by atoms with Crippen molar-refractivity contribution in [3.05, 3.63) is 50.6 Å². The molecule has 0 aromatic heterocycles. The van der Waals surface area contributed by atoms with Crippen molar-refractivity contribution in [2.45, 2.75) is 0 Å². The molecule has 104 valence electrons. The quantitative estimate of drug-likeness (QED) is 0.393. The fourth-order valence-electron chi connectivity index (χ4n) is 1.54. The third-order valence-electron chi connectivity index (χ3n) is 2.07. The average molecular weight is 275 g/mol. The zero-order valence-electron chi connectivity index (χ0n) is 10.6. The molecule has 0 aliphatic carbocycles. The Morgan fingerprint density at radius 3 is 1.17 bits per heavy atom. The number of nitrogens with zero attached hydrogens (tertiary/aromatic N) is 1. The van der Waals surface area contributed by atoms with Crippen molar-refractivity contribution in [1.82, 2.24) is 0 Å². The van der Waals surface area contributed by atoms with Gasteiger partial charge >= 0.3 is 0 Å². The number of hydrogen-bond donors (Lipinski definition) is 2. The van der Waals surface area contributed by atoms with Crippen LogP contribution in [0.1, 0.15) is 0 Å². The molecule has 0 bridgehead atoms. The Bertz CT molecular complexity index is 268. The second-order valence-corrected chi connectivity index (χ2v) is 4.70. The second-order valence-electron chi connectivity index (χ2n) is 3.72. The summed E-state index contributed by atoms with van der Waals surface area (Å²) in [7, 11) is -4.89. The highest BCUT2D eigenvalue weighted by Crippen LogP contribution is 2.18. The lowest BCUT2D eigenvalue weighted by Gasteiger charge is -2.35. The van der Waals surface area contributed by atoms with Crippen LogP contribution in [0.3, 0.4) is 0 Å². The smallest absolute Gasteiger partial charge is 0.262 e. The third-order valence-corrected chi connectivity index (χ3v) is 2.07. The van der Waals surface area contributed by atoms with E-state index in [0.717, 1.165) is 30.7 Å². The minimum atomic E-state index is -4.89. The van der Waals surface area contributed by atoms with Gasteiger partial charge in [0.25, 0.3) is 7.82 Å². The van der Waals surface area contributed by atoms with Gasteiger partial charge in [0.15, 0.2) is 0 Å². The molecule has 2 N–H and O–H groups in total. The van der Waals surface area contributed by atoms with Gasteiger partial charge in [0.05, 0.1) is 26.2 Å². The van der Waals surface area contributed by atoms with Gasteiger partial charge < -0.3 is 19.2 Å². The van der Waals surface area contributed by atoms with Gasteiger partial charge in [-0.2, -0.15) is 0 Å². The van der Waals surface area contributed by atoms with Crippen molar-refractivity contribution in [2.75, 3.05) is 26.2 Å². The van der Waals surface area contributed by atoms with E-state index in [4.69, 9.17) is 19.2 Å². The Balaban J connectivity index is 0. The summed E-state index contributed by atoms with van der Waals surface area (Å²) >= 11 is 0. The highest BCUT2D eigenvalue weighted by molar-refractivity contribution is 7.43. The topological polar surface area (TPSA) is 80.6 Å². The molecule has 0 unspecified atom stereocenters. The van der Waals surface area contributed by atoms with E-state index in [9.17, 15) is 0 Å². The molecule has 18 heavy (non-hydrogen) atoms. The molecule has 0 aliphatic rings. The Hall–Kier alpha value is -0.970. The Morgan fingerprint density at radius 2 is 1.06 bits per heavy atom. The van der Waals surface area contributed by atoms with Crippen LogP contribution in [0.15, 0.2) is 50.6 Å². The predicted molar refractivity (Wildman–Crippen MR) is 72.6 cm³/mol. The van der Waals surface area contributed by atoms with Crippen molar-refractivity contribution in [1.29, 1.82) is 0 Å². The fourth-order valence-corrected chi connectivity index (χ4v) is 1.54. The molecular weight excluding hydrogens is 253 g/mol. The molecular formula is C12H22NO4P. The highest BCUT2D eigenvalue weighted by atomic mass is 31.2. The molecule has 0 rings (SSSR count). The van der Waals surface area contributed by atoms with Crippen molar-refractivity contribution in [2.24, 2.45) is 0 Å². The van der Waals surface area contributed by atoms with E-state index < -0.39 is 7.82 Å². The van der Waals surface area contributed by atoms with E-state index in [1.165, 1.54) is 0 Å². The number of quaternary nitrogens is 1. The number of phosphoric acid groups is 1. The van der Waals surface area contributed by atoms with Gasteiger partial charge in [0.1, 0.15) is 0 Å². The van der Waals surface area contributed by atoms with Crippen molar-refractivity contribution < 1.29 is 23.7 Å². The largest absolute Gasteiger partial charge is 0.756 e. The first kappa shape index (κ1) is 19.4. The zero-order chi connectivity index (χ0) is 14.7. The molecule has 0 saturated heterocycles. The van der Waals surface area contributed by atoms with Gasteiger partial charge in [-0.25, -0.2) is 0 Å². The lowest BCUT2D eigenvalue weighted by atomic mass is 10.3. The van der Waals surface area contributed by atoms with Gasteiger partial charge in [-0.1, -0.05) is 26.3 Å². The highest BCUT2D eigenvalue weighted by Gasteiger charge is 2.20. The summed E-state index contributed by atoms with van der Waals surface area (Å²) in [5.74, 6) is 0. The van der Waals surface area contributed by atoms with E-state index in [0.29, 0.717) is 0 Å². The molecule has 5 nitrogen and oxygen atoms in total. The van der Waals surface area contributed by atoms with E-state index >= 15 is 0 Å². The molecule has 0 aliphatic heterocycles.